The Kier molecular flexibility index (Phi) is 4.73. The molecule has 1 aliphatic rings. The molecule has 92 valence electrons. The molecule has 0 aromatic rings. The molecule has 1 rings (SSSR count). The summed E-state index contributed by atoms with van der Waals surface area (Å²) in [7, 11) is 3.32. The zero-order valence-corrected chi connectivity index (χ0v) is 9.81. The van der Waals surface area contributed by atoms with Crippen molar-refractivity contribution in [2.75, 3.05) is 27.3 Å². The molecule has 1 fully saturated rings. The van der Waals surface area contributed by atoms with Gasteiger partial charge in [-0.2, -0.15) is 0 Å². The molecule has 2 atom stereocenters. The minimum Gasteiger partial charge on any atom is -0.481 e. The van der Waals surface area contributed by atoms with Gasteiger partial charge in [-0.15, -0.1) is 0 Å². The lowest BCUT2D eigenvalue weighted by Gasteiger charge is -2.20. The van der Waals surface area contributed by atoms with Crippen LogP contribution >= 0.6 is 0 Å². The van der Waals surface area contributed by atoms with Crippen LogP contribution in [-0.4, -0.2) is 49.2 Å². The summed E-state index contributed by atoms with van der Waals surface area (Å²) in [6.07, 6.45) is 1.78. The fourth-order valence-electron chi connectivity index (χ4n) is 2.08. The molecule has 1 aliphatic carbocycles. The molecule has 16 heavy (non-hydrogen) atoms. The Morgan fingerprint density at radius 1 is 1.38 bits per heavy atom. The van der Waals surface area contributed by atoms with Crippen molar-refractivity contribution in [3.05, 3.63) is 0 Å². The number of rotatable bonds is 5. The Morgan fingerprint density at radius 2 is 2.00 bits per heavy atom. The summed E-state index contributed by atoms with van der Waals surface area (Å²) < 4.78 is 4.90. The second-order valence-corrected chi connectivity index (χ2v) is 4.30. The van der Waals surface area contributed by atoms with Gasteiger partial charge in [0.25, 0.3) is 0 Å². The van der Waals surface area contributed by atoms with E-state index in [0.29, 0.717) is 32.4 Å². The van der Waals surface area contributed by atoms with Crippen LogP contribution in [0, 0.1) is 11.8 Å². The van der Waals surface area contributed by atoms with E-state index in [9.17, 15) is 9.59 Å². The van der Waals surface area contributed by atoms with Gasteiger partial charge in [0.15, 0.2) is 0 Å². The molecule has 0 aromatic heterocycles. The summed E-state index contributed by atoms with van der Waals surface area (Å²) in [5.74, 6) is -1.21. The number of carbonyl (C=O) groups is 2. The van der Waals surface area contributed by atoms with Gasteiger partial charge < -0.3 is 14.7 Å². The molecule has 0 aliphatic heterocycles. The molecule has 5 heteroatoms. The number of carboxylic acids is 1. The highest BCUT2D eigenvalue weighted by Crippen LogP contribution is 2.32. The third-order valence-electron chi connectivity index (χ3n) is 3.14. The van der Waals surface area contributed by atoms with Gasteiger partial charge in [-0.25, -0.2) is 0 Å². The first kappa shape index (κ1) is 13.0. The van der Waals surface area contributed by atoms with Crippen LogP contribution in [0.3, 0.4) is 0 Å². The number of hydrogen-bond donors (Lipinski definition) is 1. The molecule has 0 spiro atoms. The summed E-state index contributed by atoms with van der Waals surface area (Å²) in [5, 5.41) is 8.85. The van der Waals surface area contributed by atoms with Gasteiger partial charge in [-0.3, -0.25) is 9.59 Å². The van der Waals surface area contributed by atoms with Crippen molar-refractivity contribution >= 4 is 11.9 Å². The molecule has 0 saturated heterocycles. The lowest BCUT2D eigenvalue weighted by atomic mass is 10.0. The molecule has 0 bridgehead atoms. The van der Waals surface area contributed by atoms with Crippen LogP contribution in [0.2, 0.25) is 0 Å². The number of hydrogen-bond acceptors (Lipinski definition) is 3. The van der Waals surface area contributed by atoms with Crippen molar-refractivity contribution in [3.8, 4) is 0 Å². The predicted molar refractivity (Wildman–Crippen MR) is 58.0 cm³/mol. The van der Waals surface area contributed by atoms with Crippen molar-refractivity contribution in [2.24, 2.45) is 11.8 Å². The summed E-state index contributed by atoms with van der Waals surface area (Å²) in [5.41, 5.74) is 0. The van der Waals surface area contributed by atoms with E-state index >= 15 is 0 Å². The van der Waals surface area contributed by atoms with Crippen molar-refractivity contribution in [1.82, 2.24) is 4.90 Å². The number of amides is 1. The van der Waals surface area contributed by atoms with E-state index in [1.165, 1.54) is 0 Å². The average Bonchev–Trinajstić information content (AvgIpc) is 2.74. The van der Waals surface area contributed by atoms with Crippen LogP contribution < -0.4 is 0 Å². The van der Waals surface area contributed by atoms with Gasteiger partial charge in [0.1, 0.15) is 0 Å². The first-order valence-electron chi connectivity index (χ1n) is 5.53. The highest BCUT2D eigenvalue weighted by atomic mass is 16.5. The Bertz CT molecular complexity index is 267. The largest absolute Gasteiger partial charge is 0.481 e. The Balaban J connectivity index is 2.41. The number of aliphatic carboxylic acids is 1. The maximum Gasteiger partial charge on any atom is 0.306 e. The highest BCUT2D eigenvalue weighted by molar-refractivity contribution is 5.80. The Hall–Kier alpha value is -1.10. The van der Waals surface area contributed by atoms with Crippen molar-refractivity contribution < 1.29 is 19.4 Å². The zero-order chi connectivity index (χ0) is 12.1. The average molecular weight is 229 g/mol. The van der Waals surface area contributed by atoms with E-state index in [2.05, 4.69) is 0 Å². The van der Waals surface area contributed by atoms with Crippen LogP contribution in [0.1, 0.15) is 19.3 Å². The SMILES string of the molecule is COCCN(C)C(=O)C1CCC(C(=O)O)C1. The maximum absolute atomic E-state index is 11.9. The van der Waals surface area contributed by atoms with E-state index in [4.69, 9.17) is 9.84 Å². The topological polar surface area (TPSA) is 66.8 Å². The lowest BCUT2D eigenvalue weighted by molar-refractivity contribution is -0.141. The van der Waals surface area contributed by atoms with E-state index in [1.807, 2.05) is 0 Å². The minimum atomic E-state index is -0.783. The monoisotopic (exact) mass is 229 g/mol. The first-order valence-corrected chi connectivity index (χ1v) is 5.53. The second-order valence-electron chi connectivity index (χ2n) is 4.30. The van der Waals surface area contributed by atoms with Crippen molar-refractivity contribution in [2.45, 2.75) is 19.3 Å². The molecule has 5 nitrogen and oxygen atoms in total. The van der Waals surface area contributed by atoms with Crippen molar-refractivity contribution in [3.63, 3.8) is 0 Å². The number of carbonyl (C=O) groups excluding carboxylic acids is 1. The first-order chi connectivity index (χ1) is 7.56. The van der Waals surface area contributed by atoms with Crippen LogP contribution in [-0.2, 0) is 14.3 Å². The quantitative estimate of drug-likeness (QED) is 0.749. The van der Waals surface area contributed by atoms with E-state index < -0.39 is 5.97 Å². The Labute approximate surface area is 95.4 Å². The molecule has 1 N–H and O–H groups in total. The summed E-state index contributed by atoms with van der Waals surface area (Å²) in [6, 6.07) is 0. The van der Waals surface area contributed by atoms with Gasteiger partial charge in [-0.05, 0) is 19.3 Å². The number of nitrogens with zero attached hydrogens (tertiary/aromatic N) is 1. The van der Waals surface area contributed by atoms with Gasteiger partial charge in [0.05, 0.1) is 12.5 Å². The van der Waals surface area contributed by atoms with Crippen LogP contribution in [0.25, 0.3) is 0 Å². The Morgan fingerprint density at radius 3 is 2.50 bits per heavy atom. The number of methoxy groups -OCH3 is 1. The third-order valence-corrected chi connectivity index (χ3v) is 3.14. The zero-order valence-electron chi connectivity index (χ0n) is 9.81. The predicted octanol–water partition coefficient (Wildman–Crippen LogP) is 0.592. The van der Waals surface area contributed by atoms with Crippen LogP contribution in [0.4, 0.5) is 0 Å². The highest BCUT2D eigenvalue weighted by Gasteiger charge is 2.34. The normalized spacial score (nSPS) is 24.4. The van der Waals surface area contributed by atoms with E-state index in [0.717, 1.165) is 0 Å². The standard InChI is InChI=1S/C11H19NO4/c1-12(5-6-16-2)10(13)8-3-4-9(7-8)11(14)15/h8-9H,3-7H2,1-2H3,(H,14,15). The molecule has 1 saturated carbocycles. The summed E-state index contributed by atoms with van der Waals surface area (Å²) in [4.78, 5) is 24.3. The number of likely N-dealkylation sites (N-methyl/N-ethyl adjacent to an activating group) is 1. The number of carboxylic acid groups (broad SMARTS) is 1. The third kappa shape index (κ3) is 3.20. The smallest absolute Gasteiger partial charge is 0.306 e. The molecule has 2 unspecified atom stereocenters. The van der Waals surface area contributed by atoms with Gasteiger partial charge in [0.2, 0.25) is 5.91 Å². The molecule has 0 aromatic carbocycles. The summed E-state index contributed by atoms with van der Waals surface area (Å²) in [6.45, 7) is 1.07. The molecular formula is C11H19NO4. The van der Waals surface area contributed by atoms with Gasteiger partial charge in [-0.1, -0.05) is 0 Å². The molecule has 0 radical (unpaired) electrons. The fourth-order valence-corrected chi connectivity index (χ4v) is 2.08. The second kappa shape index (κ2) is 5.84. The van der Waals surface area contributed by atoms with Crippen LogP contribution in [0.5, 0.6) is 0 Å². The van der Waals surface area contributed by atoms with Gasteiger partial charge >= 0.3 is 5.97 Å². The van der Waals surface area contributed by atoms with E-state index in [-0.39, 0.29) is 17.7 Å². The van der Waals surface area contributed by atoms with Crippen LogP contribution in [0.15, 0.2) is 0 Å². The lowest BCUT2D eigenvalue weighted by Crippen LogP contribution is -2.34. The molecule has 1 amide bonds. The maximum atomic E-state index is 11.9. The number of ether oxygens (including phenoxy) is 1. The summed E-state index contributed by atoms with van der Waals surface area (Å²) >= 11 is 0. The fraction of sp³-hybridized carbons (Fsp3) is 0.818. The van der Waals surface area contributed by atoms with E-state index in [1.54, 1.807) is 19.1 Å². The van der Waals surface area contributed by atoms with Gasteiger partial charge in [0, 0.05) is 26.6 Å². The van der Waals surface area contributed by atoms with Crippen molar-refractivity contribution in [1.29, 1.82) is 0 Å². The molecule has 0 heterocycles. The molecular weight excluding hydrogens is 210 g/mol. The minimum absolute atomic E-state index is 0.0424.